The van der Waals surface area contributed by atoms with Crippen LogP contribution in [0.2, 0.25) is 0 Å². The number of aliphatic carboxylic acids is 1. The van der Waals surface area contributed by atoms with Gasteiger partial charge in [0.25, 0.3) is 0 Å². The van der Waals surface area contributed by atoms with Gasteiger partial charge < -0.3 is 9.84 Å². The molecule has 0 aliphatic heterocycles. The number of hydrogen-bond acceptors (Lipinski definition) is 2. The first-order valence-corrected chi connectivity index (χ1v) is 9.41. The van der Waals surface area contributed by atoms with E-state index in [4.69, 9.17) is 9.84 Å². The zero-order valence-electron chi connectivity index (χ0n) is 17.4. The molecular weight excluding hydrogens is 336 g/mol. The SMILES string of the molecule is CCCCc1c(OC)cc(C)c(/C=C/C(C)=C/C=C/C(C)=C/C(=O)O)c1C. The van der Waals surface area contributed by atoms with Crippen molar-refractivity contribution in [1.29, 1.82) is 0 Å². The van der Waals surface area contributed by atoms with Crippen molar-refractivity contribution < 1.29 is 14.6 Å². The highest BCUT2D eigenvalue weighted by Crippen LogP contribution is 2.30. The minimum absolute atomic E-state index is 0.706. The van der Waals surface area contributed by atoms with E-state index in [1.807, 2.05) is 19.1 Å². The summed E-state index contributed by atoms with van der Waals surface area (Å²) in [4.78, 5) is 10.6. The molecule has 0 unspecified atom stereocenters. The Morgan fingerprint density at radius 3 is 2.48 bits per heavy atom. The number of aryl methyl sites for hydroxylation is 1. The Balaban J connectivity index is 3.07. The molecule has 0 saturated heterocycles. The number of methoxy groups -OCH3 is 1. The lowest BCUT2D eigenvalue weighted by Gasteiger charge is -2.16. The van der Waals surface area contributed by atoms with Crippen molar-refractivity contribution in [2.24, 2.45) is 0 Å². The number of carbonyl (C=O) groups is 1. The van der Waals surface area contributed by atoms with Gasteiger partial charge in [-0.3, -0.25) is 0 Å². The Bertz CT molecular complexity index is 777. The average molecular weight is 369 g/mol. The van der Waals surface area contributed by atoms with Crippen LogP contribution in [0, 0.1) is 13.8 Å². The van der Waals surface area contributed by atoms with E-state index in [9.17, 15) is 4.79 Å². The molecule has 146 valence electrons. The number of carboxylic acids is 1. The molecule has 0 radical (unpaired) electrons. The summed E-state index contributed by atoms with van der Waals surface area (Å²) < 4.78 is 5.60. The van der Waals surface area contributed by atoms with Crippen LogP contribution in [0.25, 0.3) is 6.08 Å². The zero-order chi connectivity index (χ0) is 20.4. The van der Waals surface area contributed by atoms with E-state index in [-0.39, 0.29) is 0 Å². The van der Waals surface area contributed by atoms with Crippen LogP contribution in [-0.4, -0.2) is 18.2 Å². The number of benzene rings is 1. The summed E-state index contributed by atoms with van der Waals surface area (Å²) in [5.41, 5.74) is 6.81. The lowest BCUT2D eigenvalue weighted by atomic mass is 9.93. The minimum Gasteiger partial charge on any atom is -0.496 e. The molecule has 1 rings (SSSR count). The highest BCUT2D eigenvalue weighted by Gasteiger charge is 2.11. The third-order valence-corrected chi connectivity index (χ3v) is 4.51. The van der Waals surface area contributed by atoms with Crippen molar-refractivity contribution in [3.63, 3.8) is 0 Å². The molecule has 1 aromatic carbocycles. The van der Waals surface area contributed by atoms with Gasteiger partial charge in [-0.05, 0) is 74.4 Å². The average Bonchev–Trinajstić information content (AvgIpc) is 2.59. The molecule has 0 saturated carbocycles. The summed E-state index contributed by atoms with van der Waals surface area (Å²) in [6.45, 7) is 10.3. The molecule has 0 atom stereocenters. The van der Waals surface area contributed by atoms with E-state index in [1.54, 1.807) is 20.1 Å². The first-order valence-electron chi connectivity index (χ1n) is 9.41. The zero-order valence-corrected chi connectivity index (χ0v) is 17.4. The maximum Gasteiger partial charge on any atom is 0.328 e. The van der Waals surface area contributed by atoms with E-state index in [0.717, 1.165) is 30.6 Å². The van der Waals surface area contributed by atoms with Crippen LogP contribution in [0.15, 0.2) is 47.6 Å². The molecule has 0 fully saturated rings. The van der Waals surface area contributed by atoms with Crippen molar-refractivity contribution >= 4 is 12.0 Å². The number of hydrogen-bond donors (Lipinski definition) is 1. The Morgan fingerprint density at radius 1 is 1.19 bits per heavy atom. The molecular formula is C24H32O3. The number of rotatable bonds is 9. The third-order valence-electron chi connectivity index (χ3n) is 4.51. The molecule has 1 aromatic rings. The predicted molar refractivity (Wildman–Crippen MR) is 114 cm³/mol. The molecule has 0 bridgehead atoms. The first-order chi connectivity index (χ1) is 12.8. The summed E-state index contributed by atoms with van der Waals surface area (Å²) in [5, 5.41) is 8.72. The van der Waals surface area contributed by atoms with Gasteiger partial charge in [0.1, 0.15) is 5.75 Å². The fraction of sp³-hybridized carbons (Fsp3) is 0.375. The Hall–Kier alpha value is -2.55. The Morgan fingerprint density at radius 2 is 1.89 bits per heavy atom. The summed E-state index contributed by atoms with van der Waals surface area (Å²) in [5.74, 6) is 0.0496. The van der Waals surface area contributed by atoms with Crippen molar-refractivity contribution in [2.45, 2.75) is 53.9 Å². The van der Waals surface area contributed by atoms with Gasteiger partial charge in [0.15, 0.2) is 0 Å². The normalized spacial score (nSPS) is 13.0. The van der Waals surface area contributed by atoms with Gasteiger partial charge in [0.05, 0.1) is 7.11 Å². The van der Waals surface area contributed by atoms with Gasteiger partial charge in [-0.15, -0.1) is 0 Å². The maximum atomic E-state index is 10.6. The minimum atomic E-state index is -0.929. The Kier molecular flexibility index (Phi) is 9.35. The lowest BCUT2D eigenvalue weighted by molar-refractivity contribution is -0.131. The van der Waals surface area contributed by atoms with E-state index in [0.29, 0.717) is 5.57 Å². The number of carboxylic acid groups (broad SMARTS) is 1. The Labute approximate surface area is 163 Å². The largest absolute Gasteiger partial charge is 0.496 e. The van der Waals surface area contributed by atoms with E-state index in [1.165, 1.54) is 28.3 Å². The summed E-state index contributed by atoms with van der Waals surface area (Å²) in [7, 11) is 1.74. The van der Waals surface area contributed by atoms with Crippen LogP contribution in [0.3, 0.4) is 0 Å². The third kappa shape index (κ3) is 7.30. The molecule has 3 nitrogen and oxygen atoms in total. The molecule has 0 aromatic heterocycles. The molecule has 3 heteroatoms. The second-order valence-corrected chi connectivity index (χ2v) is 6.85. The van der Waals surface area contributed by atoms with Gasteiger partial charge in [0.2, 0.25) is 0 Å². The van der Waals surface area contributed by atoms with Crippen LogP contribution >= 0.6 is 0 Å². The standard InChI is InChI=1S/C24H32O3/c1-7-8-12-22-20(5)21(19(4)16-23(22)27-6)14-13-17(2)10-9-11-18(3)15-24(25)26/h9-11,13-16H,7-8,12H2,1-6H3,(H,25,26)/b11-9+,14-13+,17-10+,18-15+. The maximum absolute atomic E-state index is 10.6. The molecule has 0 amide bonds. The number of ether oxygens (including phenoxy) is 1. The van der Waals surface area contributed by atoms with Gasteiger partial charge >= 0.3 is 5.97 Å². The van der Waals surface area contributed by atoms with Crippen molar-refractivity contribution in [2.75, 3.05) is 7.11 Å². The van der Waals surface area contributed by atoms with Gasteiger partial charge in [-0.2, -0.15) is 0 Å². The van der Waals surface area contributed by atoms with E-state index >= 15 is 0 Å². The van der Waals surface area contributed by atoms with Crippen LogP contribution in [-0.2, 0) is 11.2 Å². The lowest BCUT2D eigenvalue weighted by Crippen LogP contribution is -2.00. The smallest absolute Gasteiger partial charge is 0.328 e. The fourth-order valence-corrected chi connectivity index (χ4v) is 2.97. The van der Waals surface area contributed by atoms with Crippen molar-refractivity contribution in [3.05, 3.63) is 69.8 Å². The van der Waals surface area contributed by atoms with Crippen LogP contribution in [0.5, 0.6) is 5.75 Å². The van der Waals surface area contributed by atoms with Crippen molar-refractivity contribution in [3.8, 4) is 5.75 Å². The van der Waals surface area contributed by atoms with E-state index < -0.39 is 5.97 Å². The topological polar surface area (TPSA) is 46.5 Å². The van der Waals surface area contributed by atoms with Crippen molar-refractivity contribution in [1.82, 2.24) is 0 Å². The molecule has 1 N–H and O–H groups in total. The molecule has 0 spiro atoms. The summed E-state index contributed by atoms with van der Waals surface area (Å²) in [6.07, 6.45) is 14.4. The number of allylic oxidation sites excluding steroid dienone is 6. The van der Waals surface area contributed by atoms with Crippen LogP contribution in [0.1, 0.15) is 55.9 Å². The summed E-state index contributed by atoms with van der Waals surface area (Å²) >= 11 is 0. The second-order valence-electron chi connectivity index (χ2n) is 6.85. The van der Waals surface area contributed by atoms with Gasteiger partial charge in [-0.1, -0.05) is 49.3 Å². The highest BCUT2D eigenvalue weighted by molar-refractivity contribution is 5.81. The number of unbranched alkanes of at least 4 members (excludes halogenated alkanes) is 1. The van der Waals surface area contributed by atoms with Gasteiger partial charge in [-0.25, -0.2) is 4.79 Å². The van der Waals surface area contributed by atoms with Gasteiger partial charge in [0, 0.05) is 6.08 Å². The highest BCUT2D eigenvalue weighted by atomic mass is 16.5. The van der Waals surface area contributed by atoms with Crippen LogP contribution in [0.4, 0.5) is 0 Å². The predicted octanol–water partition coefficient (Wildman–Crippen LogP) is 6.20. The first kappa shape index (κ1) is 22.5. The molecule has 0 aliphatic rings. The fourth-order valence-electron chi connectivity index (χ4n) is 2.97. The van der Waals surface area contributed by atoms with Crippen LogP contribution < -0.4 is 4.74 Å². The molecule has 0 aliphatic carbocycles. The monoisotopic (exact) mass is 368 g/mol. The molecule has 27 heavy (non-hydrogen) atoms. The van der Waals surface area contributed by atoms with E-state index in [2.05, 4.69) is 39.0 Å². The summed E-state index contributed by atoms with van der Waals surface area (Å²) in [6, 6.07) is 2.12. The molecule has 0 heterocycles. The second kappa shape index (κ2) is 11.2. The quantitative estimate of drug-likeness (QED) is 0.417.